The molecule has 0 aromatic carbocycles. The first kappa shape index (κ1) is 11.4. The summed E-state index contributed by atoms with van der Waals surface area (Å²) < 4.78 is 26.2. The van der Waals surface area contributed by atoms with Gasteiger partial charge in [-0.15, -0.1) is 0 Å². The fourth-order valence-electron chi connectivity index (χ4n) is 0.854. The molecule has 0 saturated carbocycles. The van der Waals surface area contributed by atoms with Crippen molar-refractivity contribution >= 4 is 21.9 Å². The number of pyridine rings is 1. The van der Waals surface area contributed by atoms with Gasteiger partial charge in [0.05, 0.1) is 5.69 Å². The van der Waals surface area contributed by atoms with Gasteiger partial charge in [-0.05, 0) is 12.1 Å². The molecule has 15 heavy (non-hydrogen) atoms. The summed E-state index contributed by atoms with van der Waals surface area (Å²) in [5.41, 5.74) is -0.435. The molecule has 0 aliphatic carbocycles. The quantitative estimate of drug-likeness (QED) is 0.656. The van der Waals surface area contributed by atoms with Crippen LogP contribution in [0.3, 0.4) is 0 Å². The van der Waals surface area contributed by atoms with Crippen LogP contribution in [0.25, 0.3) is 0 Å². The Morgan fingerprint density at radius 2 is 2.20 bits per heavy atom. The van der Waals surface area contributed by atoms with E-state index in [4.69, 9.17) is 5.11 Å². The summed E-state index contributed by atoms with van der Waals surface area (Å²) in [4.78, 5) is 14.2. The van der Waals surface area contributed by atoms with E-state index < -0.39 is 16.2 Å². The second-order valence-corrected chi connectivity index (χ2v) is 4.13. The zero-order chi connectivity index (χ0) is 11.5. The van der Waals surface area contributed by atoms with Crippen LogP contribution < -0.4 is 9.44 Å². The SMILES string of the molecule is CNS(=O)(=O)Nc1cccnc1C(=O)O. The lowest BCUT2D eigenvalue weighted by atomic mass is 10.3. The van der Waals surface area contributed by atoms with E-state index in [1.54, 1.807) is 0 Å². The van der Waals surface area contributed by atoms with E-state index >= 15 is 0 Å². The van der Waals surface area contributed by atoms with Crippen LogP contribution in [-0.4, -0.2) is 31.5 Å². The van der Waals surface area contributed by atoms with Crippen LogP contribution in [0.5, 0.6) is 0 Å². The van der Waals surface area contributed by atoms with Gasteiger partial charge in [0.2, 0.25) is 0 Å². The fraction of sp³-hybridized carbons (Fsp3) is 0.143. The van der Waals surface area contributed by atoms with Crippen molar-refractivity contribution in [1.82, 2.24) is 9.71 Å². The van der Waals surface area contributed by atoms with Crippen molar-refractivity contribution in [3.8, 4) is 0 Å². The molecule has 8 heteroatoms. The Bertz CT molecular complexity index is 471. The molecular weight excluding hydrogens is 222 g/mol. The molecule has 1 aromatic rings. The Labute approximate surface area is 86.3 Å². The summed E-state index contributed by atoms with van der Waals surface area (Å²) in [6, 6.07) is 2.74. The van der Waals surface area contributed by atoms with Gasteiger partial charge in [-0.1, -0.05) is 0 Å². The van der Waals surface area contributed by atoms with Gasteiger partial charge in [0.1, 0.15) is 0 Å². The molecule has 1 heterocycles. The molecule has 0 saturated heterocycles. The first-order chi connectivity index (χ1) is 6.96. The van der Waals surface area contributed by atoms with Gasteiger partial charge in [0.15, 0.2) is 5.69 Å². The molecule has 0 aliphatic rings. The summed E-state index contributed by atoms with van der Waals surface area (Å²) in [5, 5.41) is 8.72. The third kappa shape index (κ3) is 2.89. The zero-order valence-corrected chi connectivity index (χ0v) is 8.58. The van der Waals surface area contributed by atoms with E-state index in [1.807, 2.05) is 9.44 Å². The number of carbonyl (C=O) groups is 1. The summed E-state index contributed by atoms with van der Waals surface area (Å²) in [6.07, 6.45) is 1.26. The van der Waals surface area contributed by atoms with Crippen molar-refractivity contribution in [2.45, 2.75) is 0 Å². The van der Waals surface area contributed by atoms with Gasteiger partial charge >= 0.3 is 5.97 Å². The van der Waals surface area contributed by atoms with Crippen LogP contribution in [0.1, 0.15) is 10.5 Å². The Hall–Kier alpha value is -1.67. The molecule has 0 amide bonds. The van der Waals surface area contributed by atoms with Crippen LogP contribution in [-0.2, 0) is 10.2 Å². The molecule has 1 rings (SSSR count). The molecule has 82 valence electrons. The zero-order valence-electron chi connectivity index (χ0n) is 7.76. The topological polar surface area (TPSA) is 108 Å². The highest BCUT2D eigenvalue weighted by Gasteiger charge is 2.15. The number of anilines is 1. The van der Waals surface area contributed by atoms with Crippen molar-refractivity contribution in [3.05, 3.63) is 24.0 Å². The average Bonchev–Trinajstić information content (AvgIpc) is 2.18. The van der Waals surface area contributed by atoms with Gasteiger partial charge in [-0.25, -0.2) is 14.5 Å². The first-order valence-electron chi connectivity index (χ1n) is 3.86. The maximum Gasteiger partial charge on any atom is 0.356 e. The molecule has 0 radical (unpaired) electrons. The van der Waals surface area contributed by atoms with E-state index in [-0.39, 0.29) is 11.4 Å². The van der Waals surface area contributed by atoms with Crippen LogP contribution in [0.2, 0.25) is 0 Å². The van der Waals surface area contributed by atoms with Crippen molar-refractivity contribution in [2.75, 3.05) is 11.8 Å². The monoisotopic (exact) mass is 231 g/mol. The minimum absolute atomic E-state index is 0.0839. The molecule has 0 aliphatic heterocycles. The molecule has 0 spiro atoms. The van der Waals surface area contributed by atoms with E-state index in [1.165, 1.54) is 25.4 Å². The standard InChI is InChI=1S/C7H9N3O4S/c1-8-15(13,14)10-5-3-2-4-9-6(5)7(11)12/h2-4,8,10H,1H3,(H,11,12). The molecule has 0 bridgehead atoms. The number of hydrogen-bond donors (Lipinski definition) is 3. The predicted octanol–water partition coefficient (Wildman–Crippen LogP) is -0.344. The van der Waals surface area contributed by atoms with E-state index in [2.05, 4.69) is 4.98 Å². The Morgan fingerprint density at radius 3 is 2.73 bits per heavy atom. The van der Waals surface area contributed by atoms with Gasteiger partial charge < -0.3 is 5.11 Å². The smallest absolute Gasteiger partial charge is 0.356 e. The summed E-state index contributed by atoms with van der Waals surface area (Å²) in [6.45, 7) is 0. The molecule has 0 unspecified atom stereocenters. The highest BCUT2D eigenvalue weighted by molar-refractivity contribution is 7.90. The van der Waals surface area contributed by atoms with E-state index in [9.17, 15) is 13.2 Å². The number of aromatic nitrogens is 1. The van der Waals surface area contributed by atoms with E-state index in [0.29, 0.717) is 0 Å². The number of aromatic carboxylic acids is 1. The minimum Gasteiger partial charge on any atom is -0.476 e. The molecule has 1 aromatic heterocycles. The lowest BCUT2D eigenvalue weighted by molar-refractivity contribution is 0.0692. The van der Waals surface area contributed by atoms with E-state index in [0.717, 1.165) is 0 Å². The second kappa shape index (κ2) is 4.24. The van der Waals surface area contributed by atoms with Gasteiger partial charge in [-0.2, -0.15) is 8.42 Å². The number of nitrogens with one attached hydrogen (secondary N) is 2. The number of carboxylic acids is 1. The lowest BCUT2D eigenvalue weighted by Crippen LogP contribution is -2.27. The molecule has 0 fully saturated rings. The van der Waals surface area contributed by atoms with Crippen LogP contribution in [0.4, 0.5) is 5.69 Å². The van der Waals surface area contributed by atoms with Crippen molar-refractivity contribution in [3.63, 3.8) is 0 Å². The van der Waals surface area contributed by atoms with Gasteiger partial charge in [-0.3, -0.25) is 4.72 Å². The molecule has 7 nitrogen and oxygen atoms in total. The van der Waals surface area contributed by atoms with Crippen LogP contribution >= 0.6 is 0 Å². The third-order valence-corrected chi connectivity index (χ3v) is 2.55. The Kier molecular flexibility index (Phi) is 3.22. The summed E-state index contributed by atoms with van der Waals surface area (Å²) in [7, 11) is -2.52. The molecular formula is C7H9N3O4S. The van der Waals surface area contributed by atoms with Gasteiger partial charge in [0, 0.05) is 13.2 Å². The minimum atomic E-state index is -3.73. The number of rotatable bonds is 4. The maximum atomic E-state index is 11.1. The van der Waals surface area contributed by atoms with Crippen LogP contribution in [0.15, 0.2) is 18.3 Å². The third-order valence-electron chi connectivity index (χ3n) is 1.52. The average molecular weight is 231 g/mol. The molecule has 0 atom stereocenters. The largest absolute Gasteiger partial charge is 0.476 e. The molecule has 3 N–H and O–H groups in total. The normalized spacial score (nSPS) is 11.0. The maximum absolute atomic E-state index is 11.1. The first-order valence-corrected chi connectivity index (χ1v) is 5.34. The number of hydrogen-bond acceptors (Lipinski definition) is 4. The number of carboxylic acid groups (broad SMARTS) is 1. The highest BCUT2D eigenvalue weighted by atomic mass is 32.2. The van der Waals surface area contributed by atoms with Crippen molar-refractivity contribution in [1.29, 1.82) is 0 Å². The summed E-state index contributed by atoms with van der Waals surface area (Å²) >= 11 is 0. The summed E-state index contributed by atoms with van der Waals surface area (Å²) in [5.74, 6) is -1.30. The fourth-order valence-corrected chi connectivity index (χ4v) is 1.41. The predicted molar refractivity (Wildman–Crippen MR) is 52.8 cm³/mol. The lowest BCUT2D eigenvalue weighted by Gasteiger charge is -2.07. The Morgan fingerprint density at radius 1 is 1.53 bits per heavy atom. The van der Waals surface area contributed by atoms with Crippen molar-refractivity contribution in [2.24, 2.45) is 0 Å². The van der Waals surface area contributed by atoms with Crippen molar-refractivity contribution < 1.29 is 18.3 Å². The highest BCUT2D eigenvalue weighted by Crippen LogP contribution is 2.12. The van der Waals surface area contributed by atoms with Crippen LogP contribution in [0, 0.1) is 0 Å². The number of nitrogens with zero attached hydrogens (tertiary/aromatic N) is 1. The Balaban J connectivity index is 3.10. The van der Waals surface area contributed by atoms with Gasteiger partial charge in [0.25, 0.3) is 10.2 Å². The second-order valence-electron chi connectivity index (χ2n) is 2.51.